The Morgan fingerprint density at radius 1 is 1.32 bits per heavy atom. The largest absolute Gasteiger partial charge is 0.451 e. The van der Waals surface area contributed by atoms with Crippen molar-refractivity contribution in [3.63, 3.8) is 0 Å². The lowest BCUT2D eigenvalue weighted by atomic mass is 10.2. The number of alkyl halides is 3. The van der Waals surface area contributed by atoms with Gasteiger partial charge in [0.25, 0.3) is 0 Å². The maximum atomic E-state index is 12.4. The van der Waals surface area contributed by atoms with Gasteiger partial charge in [-0.15, -0.1) is 0 Å². The van der Waals surface area contributed by atoms with Gasteiger partial charge in [-0.05, 0) is 19.1 Å². The highest BCUT2D eigenvalue weighted by Crippen LogP contribution is 2.29. The van der Waals surface area contributed by atoms with E-state index in [1.54, 1.807) is 6.92 Å². The van der Waals surface area contributed by atoms with Crippen molar-refractivity contribution >= 4 is 10.1 Å². The molecule has 0 aliphatic carbocycles. The normalized spacial score (nSPS) is 12.9. The number of allylic oxidation sites excluding steroid dienone is 2. The number of hydrogen-bond acceptors (Lipinski definition) is 4. The number of nitriles is 1. The fraction of sp³-hybridized carbons (Fsp3) is 0.182. The van der Waals surface area contributed by atoms with Gasteiger partial charge in [0.15, 0.2) is 0 Å². The smallest absolute Gasteiger partial charge is 0.373 e. The van der Waals surface area contributed by atoms with E-state index in [9.17, 15) is 21.6 Å². The molecule has 19 heavy (non-hydrogen) atoms. The van der Waals surface area contributed by atoms with Crippen molar-refractivity contribution in [1.82, 2.24) is 0 Å². The van der Waals surface area contributed by atoms with Crippen molar-refractivity contribution in [1.29, 1.82) is 5.26 Å². The first kappa shape index (κ1) is 15.0. The number of rotatable bonds is 3. The van der Waals surface area contributed by atoms with E-state index in [0.29, 0.717) is 0 Å². The number of halogens is 3. The Morgan fingerprint density at radius 2 is 1.84 bits per heavy atom. The zero-order chi connectivity index (χ0) is 14.7. The van der Waals surface area contributed by atoms with Crippen LogP contribution in [-0.2, 0) is 14.3 Å². The Hall–Kier alpha value is -2.01. The van der Waals surface area contributed by atoms with Gasteiger partial charge < -0.3 is 4.18 Å². The molecule has 1 aromatic carbocycles. The quantitative estimate of drug-likeness (QED) is 0.488. The second-order valence-corrected chi connectivity index (χ2v) is 5.03. The van der Waals surface area contributed by atoms with Crippen LogP contribution in [0.25, 0.3) is 0 Å². The number of aryl methyl sites for hydroxylation is 1. The number of benzene rings is 1. The first-order chi connectivity index (χ1) is 8.66. The molecule has 0 aromatic heterocycles. The topological polar surface area (TPSA) is 67.2 Å². The summed E-state index contributed by atoms with van der Waals surface area (Å²) < 4.78 is 64.4. The molecule has 1 aromatic rings. The van der Waals surface area contributed by atoms with Crippen LogP contribution < -0.4 is 0 Å². The van der Waals surface area contributed by atoms with Crippen LogP contribution in [0.15, 0.2) is 41.0 Å². The van der Waals surface area contributed by atoms with Crippen molar-refractivity contribution in [2.45, 2.75) is 18.0 Å². The molecule has 102 valence electrons. The third-order valence-corrected chi connectivity index (χ3v) is 3.23. The Kier molecular flexibility index (Phi) is 4.21. The molecule has 0 atom stereocenters. The van der Waals surface area contributed by atoms with E-state index in [1.165, 1.54) is 12.1 Å². The average molecular weight is 291 g/mol. The first-order valence-electron chi connectivity index (χ1n) is 4.85. The molecular weight excluding hydrogens is 283 g/mol. The van der Waals surface area contributed by atoms with Crippen LogP contribution in [0, 0.1) is 18.3 Å². The molecule has 0 heterocycles. The SMILES string of the molecule is Cc1ccc(S(=O)(=O)OC(=CC#N)C(F)(F)F)cc1. The molecule has 0 fully saturated rings. The number of hydrogen-bond donors (Lipinski definition) is 0. The van der Waals surface area contributed by atoms with Crippen LogP contribution in [-0.4, -0.2) is 14.6 Å². The summed E-state index contributed by atoms with van der Waals surface area (Å²) in [6.07, 6.45) is -5.07. The predicted octanol–water partition coefficient (Wildman–Crippen LogP) is 2.67. The summed E-state index contributed by atoms with van der Waals surface area (Å²) >= 11 is 0. The molecule has 0 bridgehead atoms. The Labute approximate surface area is 107 Å². The van der Waals surface area contributed by atoms with E-state index >= 15 is 0 Å². The lowest BCUT2D eigenvalue weighted by molar-refractivity contribution is -0.115. The Morgan fingerprint density at radius 3 is 2.26 bits per heavy atom. The van der Waals surface area contributed by atoms with E-state index in [-0.39, 0.29) is 6.08 Å². The van der Waals surface area contributed by atoms with Crippen LogP contribution >= 0.6 is 0 Å². The Bertz CT molecular complexity index is 625. The summed E-state index contributed by atoms with van der Waals surface area (Å²) in [5.41, 5.74) is 0.738. The summed E-state index contributed by atoms with van der Waals surface area (Å²) in [7, 11) is -4.62. The molecule has 0 amide bonds. The molecule has 0 spiro atoms. The minimum atomic E-state index is -5.06. The fourth-order valence-electron chi connectivity index (χ4n) is 1.08. The van der Waals surface area contributed by atoms with Crippen molar-refractivity contribution < 1.29 is 25.8 Å². The van der Waals surface area contributed by atoms with Gasteiger partial charge >= 0.3 is 16.3 Å². The van der Waals surface area contributed by atoms with Crippen molar-refractivity contribution in [2.75, 3.05) is 0 Å². The summed E-state index contributed by atoms with van der Waals surface area (Å²) in [4.78, 5) is -0.425. The molecule has 0 aliphatic heterocycles. The highest BCUT2D eigenvalue weighted by molar-refractivity contribution is 7.86. The van der Waals surface area contributed by atoms with Crippen LogP contribution in [0.1, 0.15) is 5.56 Å². The molecule has 0 aliphatic rings. The summed E-state index contributed by atoms with van der Waals surface area (Å²) in [6.45, 7) is 1.69. The van der Waals surface area contributed by atoms with Gasteiger partial charge in [0.05, 0.1) is 12.1 Å². The van der Waals surface area contributed by atoms with Crippen LogP contribution in [0.2, 0.25) is 0 Å². The standard InChI is InChI=1S/C11H8F3NO3S/c1-8-2-4-9(5-3-8)19(16,17)18-10(6-7-15)11(12,13)14/h2-6H,1H3. The number of nitrogens with zero attached hydrogens (tertiary/aromatic N) is 1. The fourth-order valence-corrected chi connectivity index (χ4v) is 2.03. The van der Waals surface area contributed by atoms with Gasteiger partial charge in [0, 0.05) is 0 Å². The summed E-state index contributed by atoms with van der Waals surface area (Å²) in [5.74, 6) is -1.88. The Balaban J connectivity index is 3.13. The molecule has 1 rings (SSSR count). The first-order valence-corrected chi connectivity index (χ1v) is 6.26. The van der Waals surface area contributed by atoms with Gasteiger partial charge in [-0.3, -0.25) is 0 Å². The lowest BCUT2D eigenvalue weighted by Gasteiger charge is -2.12. The molecule has 0 saturated carbocycles. The minimum Gasteiger partial charge on any atom is -0.373 e. The van der Waals surface area contributed by atoms with E-state index in [1.807, 2.05) is 0 Å². The van der Waals surface area contributed by atoms with E-state index in [2.05, 4.69) is 4.18 Å². The summed E-state index contributed by atoms with van der Waals surface area (Å²) in [5, 5.41) is 8.20. The van der Waals surface area contributed by atoms with Gasteiger partial charge in [-0.25, -0.2) is 0 Å². The van der Waals surface area contributed by atoms with Gasteiger partial charge in [0.2, 0.25) is 5.76 Å². The monoisotopic (exact) mass is 291 g/mol. The van der Waals surface area contributed by atoms with Crippen molar-refractivity contribution in [2.24, 2.45) is 0 Å². The zero-order valence-electron chi connectivity index (χ0n) is 9.60. The molecular formula is C11H8F3NO3S. The second kappa shape index (κ2) is 5.32. The summed E-state index contributed by atoms with van der Waals surface area (Å²) in [6, 6.07) is 6.15. The predicted molar refractivity (Wildman–Crippen MR) is 59.2 cm³/mol. The highest BCUT2D eigenvalue weighted by atomic mass is 32.2. The molecule has 0 N–H and O–H groups in total. The molecule has 8 heteroatoms. The maximum absolute atomic E-state index is 12.4. The maximum Gasteiger partial charge on any atom is 0.451 e. The molecule has 0 saturated heterocycles. The highest BCUT2D eigenvalue weighted by Gasteiger charge is 2.39. The van der Waals surface area contributed by atoms with Crippen LogP contribution in [0.3, 0.4) is 0 Å². The van der Waals surface area contributed by atoms with E-state index in [0.717, 1.165) is 23.8 Å². The minimum absolute atomic E-state index is 0.00819. The van der Waals surface area contributed by atoms with Crippen molar-refractivity contribution in [3.8, 4) is 6.07 Å². The molecule has 0 radical (unpaired) electrons. The van der Waals surface area contributed by atoms with Gasteiger partial charge in [-0.1, -0.05) is 17.7 Å². The zero-order valence-corrected chi connectivity index (χ0v) is 10.4. The van der Waals surface area contributed by atoms with Crippen LogP contribution in [0.5, 0.6) is 0 Å². The van der Waals surface area contributed by atoms with E-state index < -0.39 is 26.9 Å². The third-order valence-electron chi connectivity index (χ3n) is 1.98. The third kappa shape index (κ3) is 3.99. The second-order valence-electron chi connectivity index (χ2n) is 3.49. The van der Waals surface area contributed by atoms with Crippen LogP contribution in [0.4, 0.5) is 13.2 Å². The lowest BCUT2D eigenvalue weighted by Crippen LogP contribution is -2.18. The van der Waals surface area contributed by atoms with Gasteiger partial charge in [0.1, 0.15) is 4.90 Å². The van der Waals surface area contributed by atoms with Crippen molar-refractivity contribution in [3.05, 3.63) is 41.7 Å². The van der Waals surface area contributed by atoms with Gasteiger partial charge in [-0.2, -0.15) is 26.9 Å². The average Bonchev–Trinajstić information content (AvgIpc) is 2.27. The van der Waals surface area contributed by atoms with E-state index in [4.69, 9.17) is 5.26 Å². The molecule has 0 unspecified atom stereocenters. The molecule has 4 nitrogen and oxygen atoms in total.